The summed E-state index contributed by atoms with van der Waals surface area (Å²) in [6.45, 7) is 6.56. The summed E-state index contributed by atoms with van der Waals surface area (Å²) >= 11 is 18.3. The van der Waals surface area contributed by atoms with E-state index in [-0.39, 0.29) is 5.54 Å². The minimum Gasteiger partial charge on any atom is -0.321 e. The van der Waals surface area contributed by atoms with Gasteiger partial charge in [0.25, 0.3) is 0 Å². The third-order valence-corrected chi connectivity index (χ3v) is 4.91. The molecule has 0 fully saturated rings. The Bertz CT molecular complexity index is 600. The van der Waals surface area contributed by atoms with Crippen molar-refractivity contribution in [2.45, 2.75) is 45.0 Å². The molecular formula is C14H17Cl3N2. The molecule has 0 atom stereocenters. The molecule has 0 saturated heterocycles. The Morgan fingerprint density at radius 2 is 1.74 bits per heavy atom. The summed E-state index contributed by atoms with van der Waals surface area (Å²) in [6, 6.07) is 3.68. The number of hydrogen-bond donors (Lipinski definition) is 0. The van der Waals surface area contributed by atoms with Gasteiger partial charge in [0.05, 0.1) is 27.0 Å². The maximum atomic E-state index is 6.14. The van der Waals surface area contributed by atoms with Gasteiger partial charge < -0.3 is 4.57 Å². The molecule has 0 aliphatic heterocycles. The van der Waals surface area contributed by atoms with Crippen LogP contribution >= 0.6 is 34.8 Å². The van der Waals surface area contributed by atoms with Crippen molar-refractivity contribution >= 4 is 45.8 Å². The third-order valence-electron chi connectivity index (χ3n) is 3.95. The Morgan fingerprint density at radius 3 is 2.26 bits per heavy atom. The zero-order valence-electron chi connectivity index (χ0n) is 11.3. The molecule has 5 heteroatoms. The molecule has 2 aromatic rings. The molecule has 0 bridgehead atoms. The first-order valence-electron chi connectivity index (χ1n) is 6.39. The fourth-order valence-electron chi connectivity index (χ4n) is 2.38. The second-order valence-electron chi connectivity index (χ2n) is 4.96. The molecule has 0 N–H and O–H groups in total. The van der Waals surface area contributed by atoms with Crippen LogP contribution in [-0.4, -0.2) is 9.55 Å². The summed E-state index contributed by atoms with van der Waals surface area (Å²) in [6.07, 6.45) is 2.00. The minimum absolute atomic E-state index is 0.0177. The molecule has 0 aliphatic carbocycles. The van der Waals surface area contributed by atoms with Gasteiger partial charge in [-0.2, -0.15) is 0 Å². The monoisotopic (exact) mass is 318 g/mol. The lowest BCUT2D eigenvalue weighted by atomic mass is 9.94. The largest absolute Gasteiger partial charge is 0.321 e. The Labute approximate surface area is 128 Å². The van der Waals surface area contributed by atoms with Gasteiger partial charge in [0.15, 0.2) is 0 Å². The summed E-state index contributed by atoms with van der Waals surface area (Å²) in [7, 11) is 0. The summed E-state index contributed by atoms with van der Waals surface area (Å²) in [5, 5.41) is 1.07. The van der Waals surface area contributed by atoms with Crippen molar-refractivity contribution in [3.63, 3.8) is 0 Å². The average Bonchev–Trinajstić information content (AvgIpc) is 2.76. The molecule has 1 aromatic carbocycles. The smallest absolute Gasteiger partial charge is 0.125 e. The first kappa shape index (κ1) is 15.0. The fraction of sp³-hybridized carbons (Fsp3) is 0.500. The summed E-state index contributed by atoms with van der Waals surface area (Å²) < 4.78 is 2.21. The Morgan fingerprint density at radius 1 is 1.16 bits per heavy atom. The maximum absolute atomic E-state index is 6.14. The SMILES string of the molecule is CCC(C)(CC)n1c(CCl)nc2cc(Cl)c(Cl)cc21. The van der Waals surface area contributed by atoms with E-state index in [0.717, 1.165) is 29.7 Å². The van der Waals surface area contributed by atoms with Crippen LogP contribution in [0.2, 0.25) is 10.0 Å². The number of nitrogens with zero attached hydrogens (tertiary/aromatic N) is 2. The van der Waals surface area contributed by atoms with Crippen LogP contribution in [0.15, 0.2) is 12.1 Å². The third kappa shape index (κ3) is 2.46. The number of halogens is 3. The van der Waals surface area contributed by atoms with Crippen LogP contribution in [-0.2, 0) is 11.4 Å². The molecule has 2 rings (SSSR count). The normalized spacial score (nSPS) is 12.3. The van der Waals surface area contributed by atoms with Crippen LogP contribution in [0, 0.1) is 0 Å². The van der Waals surface area contributed by atoms with Gasteiger partial charge in [0.2, 0.25) is 0 Å². The van der Waals surface area contributed by atoms with E-state index in [4.69, 9.17) is 34.8 Å². The molecule has 0 amide bonds. The standard InChI is InChI=1S/C14H17Cl3N2/c1-4-14(3,5-2)19-12-7-10(17)9(16)6-11(12)18-13(19)8-15/h6-7H,4-5,8H2,1-3H3. The van der Waals surface area contributed by atoms with E-state index >= 15 is 0 Å². The van der Waals surface area contributed by atoms with E-state index in [1.807, 2.05) is 6.07 Å². The van der Waals surface area contributed by atoms with E-state index in [1.54, 1.807) is 6.07 Å². The molecule has 104 valence electrons. The lowest BCUT2D eigenvalue weighted by molar-refractivity contribution is 0.296. The van der Waals surface area contributed by atoms with Crippen molar-refractivity contribution in [2.24, 2.45) is 0 Å². The van der Waals surface area contributed by atoms with Crippen LogP contribution in [0.25, 0.3) is 11.0 Å². The number of benzene rings is 1. The van der Waals surface area contributed by atoms with E-state index in [0.29, 0.717) is 15.9 Å². The fourth-order valence-corrected chi connectivity index (χ4v) is 2.88. The van der Waals surface area contributed by atoms with Gasteiger partial charge in [-0.1, -0.05) is 37.0 Å². The zero-order chi connectivity index (χ0) is 14.2. The zero-order valence-corrected chi connectivity index (χ0v) is 13.6. The van der Waals surface area contributed by atoms with E-state index in [2.05, 4.69) is 30.3 Å². The van der Waals surface area contributed by atoms with Crippen molar-refractivity contribution in [3.05, 3.63) is 28.0 Å². The van der Waals surface area contributed by atoms with Gasteiger partial charge in [-0.3, -0.25) is 0 Å². The predicted molar refractivity (Wildman–Crippen MR) is 83.5 cm³/mol. The van der Waals surface area contributed by atoms with Crippen LogP contribution in [0.3, 0.4) is 0 Å². The lowest BCUT2D eigenvalue weighted by Gasteiger charge is -2.31. The van der Waals surface area contributed by atoms with Gasteiger partial charge in [-0.25, -0.2) is 4.98 Å². The highest BCUT2D eigenvalue weighted by Crippen LogP contribution is 2.35. The Hall–Kier alpha value is -0.440. The molecule has 1 aromatic heterocycles. The lowest BCUT2D eigenvalue weighted by Crippen LogP contribution is -2.29. The molecular weight excluding hydrogens is 303 g/mol. The highest BCUT2D eigenvalue weighted by atomic mass is 35.5. The summed E-state index contributed by atoms with van der Waals surface area (Å²) in [5.41, 5.74) is 1.82. The van der Waals surface area contributed by atoms with E-state index in [9.17, 15) is 0 Å². The van der Waals surface area contributed by atoms with Crippen LogP contribution < -0.4 is 0 Å². The van der Waals surface area contributed by atoms with Gasteiger partial charge in [-0.05, 0) is 31.9 Å². The highest BCUT2D eigenvalue weighted by Gasteiger charge is 2.27. The first-order chi connectivity index (χ1) is 8.96. The topological polar surface area (TPSA) is 17.8 Å². The molecule has 2 nitrogen and oxygen atoms in total. The molecule has 0 aliphatic rings. The van der Waals surface area contributed by atoms with Gasteiger partial charge >= 0.3 is 0 Å². The molecule has 0 saturated carbocycles. The predicted octanol–water partition coefficient (Wildman–Crippen LogP) is 5.62. The van der Waals surface area contributed by atoms with Gasteiger partial charge in [0.1, 0.15) is 5.82 Å². The number of alkyl halides is 1. The Balaban J connectivity index is 2.80. The van der Waals surface area contributed by atoms with Gasteiger partial charge in [0, 0.05) is 5.54 Å². The second kappa shape index (κ2) is 5.51. The van der Waals surface area contributed by atoms with Crippen LogP contribution in [0.4, 0.5) is 0 Å². The minimum atomic E-state index is -0.0177. The summed E-state index contributed by atoms with van der Waals surface area (Å²) in [5.74, 6) is 1.24. The van der Waals surface area contributed by atoms with Crippen molar-refractivity contribution in [2.75, 3.05) is 0 Å². The second-order valence-corrected chi connectivity index (χ2v) is 6.04. The van der Waals surface area contributed by atoms with Crippen LogP contribution in [0.5, 0.6) is 0 Å². The highest BCUT2D eigenvalue weighted by molar-refractivity contribution is 6.42. The van der Waals surface area contributed by atoms with Gasteiger partial charge in [-0.15, -0.1) is 11.6 Å². The first-order valence-corrected chi connectivity index (χ1v) is 7.68. The van der Waals surface area contributed by atoms with Crippen molar-refractivity contribution in [1.82, 2.24) is 9.55 Å². The molecule has 0 spiro atoms. The van der Waals surface area contributed by atoms with Crippen molar-refractivity contribution < 1.29 is 0 Å². The van der Waals surface area contributed by atoms with E-state index < -0.39 is 0 Å². The Kier molecular flexibility index (Phi) is 4.34. The van der Waals surface area contributed by atoms with Crippen molar-refractivity contribution in [1.29, 1.82) is 0 Å². The number of imidazole rings is 1. The summed E-state index contributed by atoms with van der Waals surface area (Å²) in [4.78, 5) is 4.58. The maximum Gasteiger partial charge on any atom is 0.125 e. The average molecular weight is 320 g/mol. The quantitative estimate of drug-likeness (QED) is 0.669. The molecule has 1 heterocycles. The number of hydrogen-bond acceptors (Lipinski definition) is 1. The van der Waals surface area contributed by atoms with Crippen LogP contribution in [0.1, 0.15) is 39.4 Å². The number of aromatic nitrogens is 2. The number of rotatable bonds is 4. The molecule has 19 heavy (non-hydrogen) atoms. The van der Waals surface area contributed by atoms with E-state index in [1.165, 1.54) is 0 Å². The number of fused-ring (bicyclic) bond motifs is 1. The molecule has 0 unspecified atom stereocenters. The molecule has 0 radical (unpaired) electrons. The van der Waals surface area contributed by atoms with Crippen molar-refractivity contribution in [3.8, 4) is 0 Å².